The first-order chi connectivity index (χ1) is 9.60. The summed E-state index contributed by atoms with van der Waals surface area (Å²) >= 11 is 0. The Morgan fingerprint density at radius 1 is 1.45 bits per heavy atom. The fourth-order valence-electron chi connectivity index (χ4n) is 2.30. The Bertz CT molecular complexity index is 501. The number of aliphatic hydroxyl groups excluding tert-OH is 1. The van der Waals surface area contributed by atoms with Crippen LogP contribution in [0.2, 0.25) is 0 Å². The van der Waals surface area contributed by atoms with Crippen molar-refractivity contribution >= 4 is 5.84 Å². The Morgan fingerprint density at radius 3 is 2.75 bits per heavy atom. The standard InChI is InChI=1S/C14H20FN3O2/c15-12-7-10(13(16)18-20)1-2-11(12)8-17-9-14(3-4-14)5-6-19/h1-2,7,17,19-20H,3-6,8-9H2,(H2,16,18). The highest BCUT2D eigenvalue weighted by atomic mass is 19.1. The fraction of sp³-hybridized carbons (Fsp3) is 0.500. The van der Waals surface area contributed by atoms with Crippen molar-refractivity contribution in [1.29, 1.82) is 0 Å². The van der Waals surface area contributed by atoms with Gasteiger partial charge in [0.1, 0.15) is 5.82 Å². The van der Waals surface area contributed by atoms with Gasteiger partial charge in [0.15, 0.2) is 5.84 Å². The molecule has 1 aliphatic rings. The number of aliphatic hydroxyl groups is 1. The largest absolute Gasteiger partial charge is 0.409 e. The number of hydrogen-bond donors (Lipinski definition) is 4. The highest BCUT2D eigenvalue weighted by Crippen LogP contribution is 2.47. The van der Waals surface area contributed by atoms with E-state index in [1.54, 1.807) is 12.1 Å². The monoisotopic (exact) mass is 281 g/mol. The molecule has 0 atom stereocenters. The smallest absolute Gasteiger partial charge is 0.170 e. The Labute approximate surface area is 117 Å². The van der Waals surface area contributed by atoms with Crippen LogP contribution >= 0.6 is 0 Å². The van der Waals surface area contributed by atoms with Crippen LogP contribution in [0.5, 0.6) is 0 Å². The summed E-state index contributed by atoms with van der Waals surface area (Å²) in [7, 11) is 0. The number of amidine groups is 1. The Balaban J connectivity index is 1.90. The summed E-state index contributed by atoms with van der Waals surface area (Å²) in [5.41, 5.74) is 6.51. The third kappa shape index (κ3) is 3.46. The van der Waals surface area contributed by atoms with Crippen LogP contribution in [0.25, 0.3) is 0 Å². The summed E-state index contributed by atoms with van der Waals surface area (Å²) in [6, 6.07) is 4.50. The van der Waals surface area contributed by atoms with Crippen molar-refractivity contribution in [2.45, 2.75) is 25.8 Å². The van der Waals surface area contributed by atoms with E-state index in [2.05, 4.69) is 10.5 Å². The second-order valence-electron chi connectivity index (χ2n) is 5.37. The number of nitrogens with two attached hydrogens (primary N) is 1. The first-order valence-electron chi connectivity index (χ1n) is 6.68. The zero-order chi connectivity index (χ0) is 14.6. The van der Waals surface area contributed by atoms with Crippen molar-refractivity contribution in [3.05, 3.63) is 35.1 Å². The molecule has 0 amide bonds. The van der Waals surface area contributed by atoms with E-state index in [0.717, 1.165) is 25.8 Å². The Hall–Kier alpha value is -1.66. The lowest BCUT2D eigenvalue weighted by Gasteiger charge is -2.15. The van der Waals surface area contributed by atoms with Crippen molar-refractivity contribution in [3.8, 4) is 0 Å². The zero-order valence-corrected chi connectivity index (χ0v) is 11.3. The van der Waals surface area contributed by atoms with Crippen LogP contribution in [0.4, 0.5) is 4.39 Å². The van der Waals surface area contributed by atoms with Gasteiger partial charge >= 0.3 is 0 Å². The molecule has 0 spiro atoms. The van der Waals surface area contributed by atoms with Crippen LogP contribution in [0.15, 0.2) is 23.4 Å². The van der Waals surface area contributed by atoms with E-state index in [1.807, 2.05) is 0 Å². The molecular formula is C14H20FN3O2. The molecule has 5 N–H and O–H groups in total. The van der Waals surface area contributed by atoms with E-state index in [9.17, 15) is 4.39 Å². The molecule has 1 aromatic carbocycles. The van der Waals surface area contributed by atoms with Gasteiger partial charge in [0.25, 0.3) is 0 Å². The van der Waals surface area contributed by atoms with Gasteiger partial charge in [-0.15, -0.1) is 0 Å². The average molecular weight is 281 g/mol. The summed E-state index contributed by atoms with van der Waals surface area (Å²) in [6.07, 6.45) is 3.03. The molecule has 0 heterocycles. The van der Waals surface area contributed by atoms with Crippen LogP contribution in [0.3, 0.4) is 0 Å². The van der Waals surface area contributed by atoms with E-state index < -0.39 is 0 Å². The van der Waals surface area contributed by atoms with Gasteiger partial charge in [-0.3, -0.25) is 0 Å². The van der Waals surface area contributed by atoms with Crippen molar-refractivity contribution in [1.82, 2.24) is 5.32 Å². The highest BCUT2D eigenvalue weighted by molar-refractivity contribution is 5.97. The lowest BCUT2D eigenvalue weighted by molar-refractivity contribution is 0.245. The quantitative estimate of drug-likeness (QED) is 0.261. The molecular weight excluding hydrogens is 261 g/mol. The number of rotatable bonds is 7. The third-order valence-electron chi connectivity index (χ3n) is 3.87. The molecule has 0 saturated heterocycles. The van der Waals surface area contributed by atoms with Gasteiger partial charge in [-0.1, -0.05) is 17.3 Å². The molecule has 20 heavy (non-hydrogen) atoms. The third-order valence-corrected chi connectivity index (χ3v) is 3.87. The molecule has 110 valence electrons. The van der Waals surface area contributed by atoms with Crippen molar-refractivity contribution in [3.63, 3.8) is 0 Å². The number of nitrogens with one attached hydrogen (secondary N) is 1. The minimum atomic E-state index is -0.381. The van der Waals surface area contributed by atoms with Crippen LogP contribution in [0, 0.1) is 11.2 Å². The van der Waals surface area contributed by atoms with Gasteiger partial charge in [-0.2, -0.15) is 0 Å². The maximum atomic E-state index is 13.9. The second kappa shape index (κ2) is 6.19. The summed E-state index contributed by atoms with van der Waals surface area (Å²) in [5.74, 6) is -0.489. The number of halogens is 1. The lowest BCUT2D eigenvalue weighted by atomic mass is 10.0. The molecule has 0 aliphatic heterocycles. The van der Waals surface area contributed by atoms with Crippen molar-refractivity contribution < 1.29 is 14.7 Å². The molecule has 0 unspecified atom stereocenters. The van der Waals surface area contributed by atoms with Gasteiger partial charge < -0.3 is 21.4 Å². The molecule has 0 aromatic heterocycles. The van der Waals surface area contributed by atoms with E-state index >= 15 is 0 Å². The van der Waals surface area contributed by atoms with Gasteiger partial charge in [0, 0.05) is 30.8 Å². The summed E-state index contributed by atoms with van der Waals surface area (Å²) < 4.78 is 13.9. The van der Waals surface area contributed by atoms with Gasteiger partial charge in [0.2, 0.25) is 0 Å². The van der Waals surface area contributed by atoms with Crippen LogP contribution in [0.1, 0.15) is 30.4 Å². The van der Waals surface area contributed by atoms with Gasteiger partial charge in [0.05, 0.1) is 0 Å². The molecule has 1 aromatic rings. The number of benzene rings is 1. The van der Waals surface area contributed by atoms with Crippen molar-refractivity contribution in [2.75, 3.05) is 13.2 Å². The van der Waals surface area contributed by atoms with Crippen LogP contribution in [-0.2, 0) is 6.54 Å². The summed E-state index contributed by atoms with van der Waals surface area (Å²) in [6.45, 7) is 1.41. The van der Waals surface area contributed by atoms with E-state index in [-0.39, 0.29) is 23.7 Å². The van der Waals surface area contributed by atoms with Crippen LogP contribution in [-0.4, -0.2) is 29.3 Å². The predicted octanol–water partition coefficient (Wildman–Crippen LogP) is 1.17. The van der Waals surface area contributed by atoms with Crippen molar-refractivity contribution in [2.24, 2.45) is 16.3 Å². The Kier molecular flexibility index (Phi) is 4.57. The molecule has 1 aliphatic carbocycles. The minimum absolute atomic E-state index is 0.108. The molecule has 6 heteroatoms. The predicted molar refractivity (Wildman–Crippen MR) is 74.0 cm³/mol. The lowest BCUT2D eigenvalue weighted by Crippen LogP contribution is -2.25. The first kappa shape index (κ1) is 14.7. The summed E-state index contributed by atoms with van der Waals surface area (Å²) in [5, 5.41) is 23.6. The zero-order valence-electron chi connectivity index (χ0n) is 11.3. The fourth-order valence-corrected chi connectivity index (χ4v) is 2.30. The number of oxime groups is 1. The van der Waals surface area contributed by atoms with Gasteiger partial charge in [-0.25, -0.2) is 4.39 Å². The molecule has 0 radical (unpaired) electrons. The minimum Gasteiger partial charge on any atom is -0.409 e. The first-order valence-corrected chi connectivity index (χ1v) is 6.68. The van der Waals surface area contributed by atoms with E-state index in [1.165, 1.54) is 6.07 Å². The molecule has 0 bridgehead atoms. The SMILES string of the molecule is N/C(=N/O)c1ccc(CNCC2(CCO)CC2)c(F)c1. The van der Waals surface area contributed by atoms with Gasteiger partial charge in [-0.05, 0) is 30.7 Å². The molecule has 1 saturated carbocycles. The molecule has 2 rings (SSSR count). The second-order valence-corrected chi connectivity index (χ2v) is 5.37. The number of hydrogen-bond acceptors (Lipinski definition) is 4. The Morgan fingerprint density at radius 2 is 2.20 bits per heavy atom. The normalized spacial score (nSPS) is 17.2. The van der Waals surface area contributed by atoms with E-state index in [0.29, 0.717) is 17.7 Å². The summed E-state index contributed by atoms with van der Waals surface area (Å²) in [4.78, 5) is 0. The van der Waals surface area contributed by atoms with E-state index in [4.69, 9.17) is 16.0 Å². The maximum Gasteiger partial charge on any atom is 0.170 e. The average Bonchev–Trinajstić information content (AvgIpc) is 3.20. The highest BCUT2D eigenvalue weighted by Gasteiger charge is 2.41. The topological polar surface area (TPSA) is 90.9 Å². The number of nitrogens with zero attached hydrogens (tertiary/aromatic N) is 1. The molecule has 1 fully saturated rings. The molecule has 5 nitrogen and oxygen atoms in total. The maximum absolute atomic E-state index is 13.9. The van der Waals surface area contributed by atoms with Crippen LogP contribution < -0.4 is 11.1 Å².